The van der Waals surface area contributed by atoms with Gasteiger partial charge in [0, 0.05) is 12.1 Å². The van der Waals surface area contributed by atoms with Crippen LogP contribution in [-0.4, -0.2) is 24.2 Å². The van der Waals surface area contributed by atoms with Crippen molar-refractivity contribution < 1.29 is 14.5 Å². The van der Waals surface area contributed by atoms with Crippen LogP contribution in [0.4, 0.5) is 5.69 Å². The second kappa shape index (κ2) is 6.98. The first-order valence-electron chi connectivity index (χ1n) is 6.32. The van der Waals surface area contributed by atoms with Crippen molar-refractivity contribution in [1.29, 1.82) is 0 Å². The normalized spacial score (nSPS) is 10.4. The molecule has 2 aromatic rings. The fourth-order valence-corrected chi connectivity index (χ4v) is 1.74. The standard InChI is InChI=1S/C15H13N3O4/c1-22-14-5-3-2-4-13(14)15(19)17-16-10-11-6-8-12(9-7-11)18(20)21/h2-10H,1H3,(H,17,19)/b16-10+. The molecule has 0 unspecified atom stereocenters. The Hall–Kier alpha value is -3.22. The van der Waals surface area contributed by atoms with Crippen LogP contribution in [-0.2, 0) is 0 Å². The summed E-state index contributed by atoms with van der Waals surface area (Å²) in [7, 11) is 1.48. The Kier molecular flexibility index (Phi) is 4.81. The van der Waals surface area contributed by atoms with Gasteiger partial charge in [0.25, 0.3) is 11.6 Å². The van der Waals surface area contributed by atoms with E-state index in [1.165, 1.54) is 37.6 Å². The number of hydrogen-bond donors (Lipinski definition) is 1. The van der Waals surface area contributed by atoms with Crippen LogP contribution < -0.4 is 10.2 Å². The van der Waals surface area contributed by atoms with E-state index in [0.29, 0.717) is 16.9 Å². The topological polar surface area (TPSA) is 93.8 Å². The third-order valence-corrected chi connectivity index (χ3v) is 2.84. The number of methoxy groups -OCH3 is 1. The summed E-state index contributed by atoms with van der Waals surface area (Å²) in [5.74, 6) is 0.0427. The number of ether oxygens (including phenoxy) is 1. The lowest BCUT2D eigenvalue weighted by Gasteiger charge is -2.05. The van der Waals surface area contributed by atoms with Gasteiger partial charge in [-0.1, -0.05) is 12.1 Å². The van der Waals surface area contributed by atoms with Gasteiger partial charge in [0.15, 0.2) is 0 Å². The molecule has 0 fully saturated rings. The zero-order chi connectivity index (χ0) is 15.9. The number of non-ortho nitro benzene ring substituents is 1. The molecule has 0 spiro atoms. The molecule has 7 heteroatoms. The number of nitro groups is 1. The summed E-state index contributed by atoms with van der Waals surface area (Å²) in [6, 6.07) is 12.6. The minimum Gasteiger partial charge on any atom is -0.496 e. The quantitative estimate of drug-likeness (QED) is 0.521. The Bertz CT molecular complexity index is 711. The van der Waals surface area contributed by atoms with Crippen LogP contribution in [0.25, 0.3) is 0 Å². The lowest BCUT2D eigenvalue weighted by Crippen LogP contribution is -2.18. The molecule has 1 N–H and O–H groups in total. The van der Waals surface area contributed by atoms with Crippen LogP contribution in [0.15, 0.2) is 53.6 Å². The minimum absolute atomic E-state index is 0.00444. The molecule has 2 aromatic carbocycles. The Labute approximate surface area is 126 Å². The van der Waals surface area contributed by atoms with Crippen LogP contribution in [0.3, 0.4) is 0 Å². The van der Waals surface area contributed by atoms with Gasteiger partial charge in [0.1, 0.15) is 5.75 Å². The van der Waals surface area contributed by atoms with Gasteiger partial charge in [-0.25, -0.2) is 5.43 Å². The highest BCUT2D eigenvalue weighted by atomic mass is 16.6. The summed E-state index contributed by atoms with van der Waals surface area (Å²) in [6.07, 6.45) is 1.40. The number of rotatable bonds is 5. The number of carbonyl (C=O) groups is 1. The molecular weight excluding hydrogens is 286 g/mol. The maximum absolute atomic E-state index is 12.0. The van der Waals surface area contributed by atoms with Gasteiger partial charge in [-0.3, -0.25) is 14.9 Å². The number of nitrogens with one attached hydrogen (secondary N) is 1. The van der Waals surface area contributed by atoms with Gasteiger partial charge in [-0.05, 0) is 29.8 Å². The van der Waals surface area contributed by atoms with Crippen LogP contribution in [0, 0.1) is 10.1 Å². The Morgan fingerprint density at radius 1 is 1.23 bits per heavy atom. The van der Waals surface area contributed by atoms with Gasteiger partial charge in [-0.2, -0.15) is 5.10 Å². The molecule has 0 aliphatic carbocycles. The molecule has 0 heterocycles. The maximum atomic E-state index is 12.0. The van der Waals surface area contributed by atoms with Crippen LogP contribution in [0.2, 0.25) is 0 Å². The molecule has 0 bridgehead atoms. The molecule has 1 amide bonds. The van der Waals surface area contributed by atoms with Crippen molar-refractivity contribution in [3.63, 3.8) is 0 Å². The lowest BCUT2D eigenvalue weighted by molar-refractivity contribution is -0.384. The fourth-order valence-electron chi connectivity index (χ4n) is 1.74. The van der Waals surface area contributed by atoms with E-state index >= 15 is 0 Å². The van der Waals surface area contributed by atoms with Crippen molar-refractivity contribution in [2.24, 2.45) is 5.10 Å². The van der Waals surface area contributed by atoms with E-state index in [9.17, 15) is 14.9 Å². The first kappa shape index (κ1) is 15.2. The zero-order valence-electron chi connectivity index (χ0n) is 11.7. The summed E-state index contributed by atoms with van der Waals surface area (Å²) >= 11 is 0. The highest BCUT2D eigenvalue weighted by molar-refractivity contribution is 5.97. The number of amides is 1. The number of para-hydroxylation sites is 1. The molecular formula is C15H13N3O4. The smallest absolute Gasteiger partial charge is 0.275 e. The summed E-state index contributed by atoms with van der Waals surface area (Å²) < 4.78 is 5.09. The largest absolute Gasteiger partial charge is 0.496 e. The van der Waals surface area contributed by atoms with E-state index in [2.05, 4.69) is 10.5 Å². The second-order valence-electron chi connectivity index (χ2n) is 4.25. The van der Waals surface area contributed by atoms with E-state index in [4.69, 9.17) is 4.74 Å². The van der Waals surface area contributed by atoms with Gasteiger partial charge in [0.2, 0.25) is 0 Å². The SMILES string of the molecule is COc1ccccc1C(=O)N/N=C/c1ccc([N+](=O)[O-])cc1. The first-order valence-corrected chi connectivity index (χ1v) is 6.32. The maximum Gasteiger partial charge on any atom is 0.275 e. The number of hydrazone groups is 1. The second-order valence-corrected chi connectivity index (χ2v) is 4.25. The van der Waals surface area contributed by atoms with Crippen molar-refractivity contribution in [1.82, 2.24) is 5.43 Å². The number of nitrogens with zero attached hydrogens (tertiary/aromatic N) is 2. The molecule has 22 heavy (non-hydrogen) atoms. The third kappa shape index (κ3) is 3.66. The number of benzene rings is 2. The monoisotopic (exact) mass is 299 g/mol. The molecule has 0 aliphatic rings. The van der Waals surface area contributed by atoms with Crippen molar-refractivity contribution in [2.45, 2.75) is 0 Å². The van der Waals surface area contributed by atoms with Gasteiger partial charge in [0.05, 0.1) is 23.8 Å². The summed E-state index contributed by atoms with van der Waals surface area (Å²) in [5, 5.41) is 14.4. The Balaban J connectivity index is 2.02. The Morgan fingerprint density at radius 2 is 1.91 bits per heavy atom. The predicted molar refractivity (Wildman–Crippen MR) is 81.2 cm³/mol. The van der Waals surface area contributed by atoms with Gasteiger partial charge >= 0.3 is 0 Å². The molecule has 0 aromatic heterocycles. The van der Waals surface area contributed by atoms with Gasteiger partial charge in [-0.15, -0.1) is 0 Å². The molecule has 2 rings (SSSR count). The molecule has 0 atom stereocenters. The average Bonchev–Trinajstić information content (AvgIpc) is 2.55. The van der Waals surface area contributed by atoms with E-state index < -0.39 is 10.8 Å². The molecule has 0 radical (unpaired) electrons. The van der Waals surface area contributed by atoms with E-state index in [1.807, 2.05) is 0 Å². The van der Waals surface area contributed by atoms with Crippen molar-refractivity contribution >= 4 is 17.8 Å². The molecule has 112 valence electrons. The van der Waals surface area contributed by atoms with Crippen molar-refractivity contribution in [2.75, 3.05) is 7.11 Å². The average molecular weight is 299 g/mol. The van der Waals surface area contributed by atoms with Gasteiger partial charge < -0.3 is 4.74 Å². The van der Waals surface area contributed by atoms with E-state index in [0.717, 1.165) is 0 Å². The van der Waals surface area contributed by atoms with E-state index in [1.54, 1.807) is 24.3 Å². The van der Waals surface area contributed by atoms with Crippen molar-refractivity contribution in [3.8, 4) is 5.75 Å². The number of carbonyl (C=O) groups excluding carboxylic acids is 1. The third-order valence-electron chi connectivity index (χ3n) is 2.84. The van der Waals surface area contributed by atoms with E-state index in [-0.39, 0.29) is 5.69 Å². The predicted octanol–water partition coefficient (Wildman–Crippen LogP) is 2.37. The summed E-state index contributed by atoms with van der Waals surface area (Å²) in [4.78, 5) is 22.0. The highest BCUT2D eigenvalue weighted by Gasteiger charge is 2.10. The summed E-state index contributed by atoms with van der Waals surface area (Å²) in [5.41, 5.74) is 3.37. The van der Waals surface area contributed by atoms with Crippen molar-refractivity contribution in [3.05, 3.63) is 69.8 Å². The zero-order valence-corrected chi connectivity index (χ0v) is 11.7. The van der Waals surface area contributed by atoms with Crippen LogP contribution in [0.5, 0.6) is 5.75 Å². The summed E-state index contributed by atoms with van der Waals surface area (Å²) in [6.45, 7) is 0. The molecule has 0 saturated carbocycles. The fraction of sp³-hybridized carbons (Fsp3) is 0.0667. The lowest BCUT2D eigenvalue weighted by atomic mass is 10.2. The first-order chi connectivity index (χ1) is 10.6. The highest BCUT2D eigenvalue weighted by Crippen LogP contribution is 2.16. The molecule has 0 saturated heterocycles. The minimum atomic E-state index is -0.482. The molecule has 7 nitrogen and oxygen atoms in total. The molecule has 0 aliphatic heterocycles. The van der Waals surface area contributed by atoms with Crippen LogP contribution in [0.1, 0.15) is 15.9 Å². The number of hydrogen-bond acceptors (Lipinski definition) is 5. The van der Waals surface area contributed by atoms with Crippen LogP contribution >= 0.6 is 0 Å². The Morgan fingerprint density at radius 3 is 2.55 bits per heavy atom. The number of nitro benzene ring substituents is 1.